The largest absolute Gasteiger partial charge is 0.374 e. The number of aromatic nitrogens is 1. The Balaban J connectivity index is 2.13. The zero-order chi connectivity index (χ0) is 12.7. The van der Waals surface area contributed by atoms with Crippen LogP contribution in [0.25, 0.3) is 0 Å². The number of hydrogen-bond acceptors (Lipinski definition) is 5. The van der Waals surface area contributed by atoms with Crippen LogP contribution in [-0.4, -0.2) is 30.9 Å². The van der Waals surface area contributed by atoms with Crippen LogP contribution < -0.4 is 0 Å². The maximum Gasteiger partial charge on any atom is 0.161 e. The van der Waals surface area contributed by atoms with E-state index >= 15 is 0 Å². The normalized spacial score (nSPS) is 24.1. The number of aryl methyl sites for hydroxylation is 1. The zero-order valence-electron chi connectivity index (χ0n) is 10.3. The number of hydrogen-bond donors (Lipinski definition) is 0. The maximum atomic E-state index is 12.2. The van der Waals surface area contributed by atoms with Crippen LogP contribution in [0.4, 0.5) is 0 Å². The highest BCUT2D eigenvalue weighted by Gasteiger charge is 2.39. The Bertz CT molecular complexity index is 505. The van der Waals surface area contributed by atoms with Gasteiger partial charge < -0.3 is 4.74 Å². The van der Waals surface area contributed by atoms with E-state index in [9.17, 15) is 8.42 Å². The number of thiazole rings is 1. The third-order valence-electron chi connectivity index (χ3n) is 3.07. The molecule has 0 bridgehead atoms. The Labute approximate surface area is 106 Å². The van der Waals surface area contributed by atoms with Gasteiger partial charge in [-0.15, -0.1) is 11.3 Å². The first-order valence-corrected chi connectivity index (χ1v) is 8.14. The van der Waals surface area contributed by atoms with E-state index in [1.807, 2.05) is 20.8 Å². The molecule has 0 aliphatic carbocycles. The minimum absolute atomic E-state index is 0.0342. The molecule has 1 fully saturated rings. The molecule has 0 N–H and O–H groups in total. The van der Waals surface area contributed by atoms with Gasteiger partial charge in [-0.1, -0.05) is 0 Å². The molecule has 1 atom stereocenters. The van der Waals surface area contributed by atoms with Gasteiger partial charge in [0.05, 0.1) is 34.4 Å². The minimum Gasteiger partial charge on any atom is -0.374 e. The average Bonchev–Trinajstić information content (AvgIpc) is 2.74. The Hall–Kier alpha value is -0.460. The van der Waals surface area contributed by atoms with Crippen molar-refractivity contribution in [3.63, 3.8) is 0 Å². The van der Waals surface area contributed by atoms with Gasteiger partial charge >= 0.3 is 0 Å². The fourth-order valence-corrected chi connectivity index (χ4v) is 4.52. The second-order valence-corrected chi connectivity index (χ2v) is 8.40. The van der Waals surface area contributed by atoms with Crippen LogP contribution >= 0.6 is 11.3 Å². The van der Waals surface area contributed by atoms with E-state index in [0.29, 0.717) is 18.7 Å². The average molecular weight is 275 g/mol. The quantitative estimate of drug-likeness (QED) is 0.846. The molecule has 1 unspecified atom stereocenters. The van der Waals surface area contributed by atoms with E-state index in [-0.39, 0.29) is 11.4 Å². The van der Waals surface area contributed by atoms with Gasteiger partial charge in [0.15, 0.2) is 9.84 Å². The van der Waals surface area contributed by atoms with Crippen molar-refractivity contribution >= 4 is 21.2 Å². The van der Waals surface area contributed by atoms with Crippen molar-refractivity contribution < 1.29 is 13.2 Å². The molecule has 2 heterocycles. The monoisotopic (exact) mass is 275 g/mol. The van der Waals surface area contributed by atoms with Gasteiger partial charge in [0.1, 0.15) is 0 Å². The molecule has 0 radical (unpaired) electrons. The van der Waals surface area contributed by atoms with Gasteiger partial charge in [-0.2, -0.15) is 0 Å². The van der Waals surface area contributed by atoms with Crippen LogP contribution in [0.1, 0.15) is 30.8 Å². The lowest BCUT2D eigenvalue weighted by atomic mass is 10.1. The molecule has 1 aliphatic rings. The van der Waals surface area contributed by atoms with Crippen LogP contribution in [0, 0.1) is 6.92 Å². The standard InChI is InChI=1S/C11H17NO3S2/c1-8-10(12-7-16-8)6-17(13,14)9-4-11(2,3)15-5-9/h7,9H,4-6H2,1-3H3. The lowest BCUT2D eigenvalue weighted by molar-refractivity contribution is 0.0368. The molecular weight excluding hydrogens is 258 g/mol. The zero-order valence-corrected chi connectivity index (χ0v) is 11.9. The van der Waals surface area contributed by atoms with E-state index in [0.717, 1.165) is 4.88 Å². The van der Waals surface area contributed by atoms with Gasteiger partial charge in [-0.3, -0.25) is 0 Å². The lowest BCUT2D eigenvalue weighted by Gasteiger charge is -2.15. The summed E-state index contributed by atoms with van der Waals surface area (Å²) in [6.45, 7) is 6.06. The molecular formula is C11H17NO3S2. The third-order valence-corrected chi connectivity index (χ3v) is 5.86. The summed E-state index contributed by atoms with van der Waals surface area (Å²) in [5, 5.41) is -0.390. The molecule has 0 aromatic carbocycles. The van der Waals surface area contributed by atoms with E-state index in [1.54, 1.807) is 5.51 Å². The smallest absolute Gasteiger partial charge is 0.161 e. The second kappa shape index (κ2) is 4.33. The van der Waals surface area contributed by atoms with Gasteiger partial charge in [0, 0.05) is 4.88 Å². The van der Waals surface area contributed by atoms with E-state index in [1.165, 1.54) is 11.3 Å². The molecule has 4 nitrogen and oxygen atoms in total. The van der Waals surface area contributed by atoms with Gasteiger partial charge in [-0.25, -0.2) is 13.4 Å². The van der Waals surface area contributed by atoms with Crippen molar-refractivity contribution in [1.29, 1.82) is 0 Å². The number of nitrogens with zero attached hydrogens (tertiary/aromatic N) is 1. The lowest BCUT2D eigenvalue weighted by Crippen LogP contribution is -2.25. The van der Waals surface area contributed by atoms with Crippen LogP contribution in [0.2, 0.25) is 0 Å². The first kappa shape index (κ1) is 13.0. The Kier molecular flexibility index (Phi) is 3.31. The Morgan fingerprint density at radius 1 is 1.59 bits per heavy atom. The minimum atomic E-state index is -3.16. The molecule has 0 saturated carbocycles. The molecule has 0 spiro atoms. The van der Waals surface area contributed by atoms with Crippen molar-refractivity contribution in [1.82, 2.24) is 4.98 Å². The van der Waals surface area contributed by atoms with Crippen LogP contribution in [0.3, 0.4) is 0 Å². The molecule has 6 heteroatoms. The summed E-state index contributed by atoms with van der Waals surface area (Å²) in [5.41, 5.74) is 2.05. The summed E-state index contributed by atoms with van der Waals surface area (Å²) >= 11 is 1.48. The van der Waals surface area contributed by atoms with Crippen LogP contribution in [0.5, 0.6) is 0 Å². The number of ether oxygens (including phenoxy) is 1. The van der Waals surface area contributed by atoms with Crippen molar-refractivity contribution in [3.05, 3.63) is 16.1 Å². The molecule has 1 saturated heterocycles. The third kappa shape index (κ3) is 2.86. The predicted octanol–water partition coefficient (Wildman–Crippen LogP) is 1.93. The summed E-state index contributed by atoms with van der Waals surface area (Å²) in [5.74, 6) is 0.0342. The number of rotatable bonds is 3. The highest BCUT2D eigenvalue weighted by molar-refractivity contribution is 7.91. The molecule has 1 aromatic heterocycles. The van der Waals surface area contributed by atoms with Crippen molar-refractivity contribution in [3.8, 4) is 0 Å². The topological polar surface area (TPSA) is 56.3 Å². The van der Waals surface area contributed by atoms with Crippen molar-refractivity contribution in [2.45, 2.75) is 43.8 Å². The van der Waals surface area contributed by atoms with Gasteiger partial charge in [-0.05, 0) is 27.2 Å². The van der Waals surface area contributed by atoms with E-state index in [4.69, 9.17) is 4.74 Å². The SMILES string of the molecule is Cc1scnc1CS(=O)(=O)C1COC(C)(C)C1. The Morgan fingerprint density at radius 2 is 2.29 bits per heavy atom. The van der Waals surface area contributed by atoms with Gasteiger partial charge in [0.2, 0.25) is 0 Å². The van der Waals surface area contributed by atoms with Crippen molar-refractivity contribution in [2.75, 3.05) is 6.61 Å². The molecule has 1 aromatic rings. The van der Waals surface area contributed by atoms with Crippen molar-refractivity contribution in [2.24, 2.45) is 0 Å². The summed E-state index contributed by atoms with van der Waals surface area (Å²) in [4.78, 5) is 5.09. The summed E-state index contributed by atoms with van der Waals surface area (Å²) in [6.07, 6.45) is 0.568. The fraction of sp³-hybridized carbons (Fsp3) is 0.727. The summed E-state index contributed by atoms with van der Waals surface area (Å²) in [7, 11) is -3.16. The van der Waals surface area contributed by atoms with Gasteiger partial charge in [0.25, 0.3) is 0 Å². The highest BCUT2D eigenvalue weighted by atomic mass is 32.2. The van der Waals surface area contributed by atoms with Crippen LogP contribution in [-0.2, 0) is 20.3 Å². The molecule has 0 amide bonds. The first-order chi connectivity index (χ1) is 7.80. The summed E-state index contributed by atoms with van der Waals surface area (Å²) in [6, 6.07) is 0. The maximum absolute atomic E-state index is 12.2. The van der Waals surface area contributed by atoms with Crippen LogP contribution in [0.15, 0.2) is 5.51 Å². The molecule has 2 rings (SSSR count). The summed E-state index contributed by atoms with van der Waals surface area (Å²) < 4.78 is 29.9. The first-order valence-electron chi connectivity index (χ1n) is 5.55. The Morgan fingerprint density at radius 3 is 2.76 bits per heavy atom. The highest BCUT2D eigenvalue weighted by Crippen LogP contribution is 2.30. The molecule has 1 aliphatic heterocycles. The second-order valence-electron chi connectivity index (χ2n) is 5.06. The number of sulfone groups is 1. The predicted molar refractivity (Wildman–Crippen MR) is 67.9 cm³/mol. The molecule has 17 heavy (non-hydrogen) atoms. The van der Waals surface area contributed by atoms with E-state index < -0.39 is 15.1 Å². The fourth-order valence-electron chi connectivity index (χ4n) is 1.99. The van der Waals surface area contributed by atoms with E-state index in [2.05, 4.69) is 4.98 Å². The molecule has 96 valence electrons.